The standard InChI is InChI=1S/C12H12Br2O3/c1-7(15)12(14)8-3-4-10(13)9(5-8)6-11(16)17-2/h3-5,12H,6H2,1-2H3. The lowest BCUT2D eigenvalue weighted by Crippen LogP contribution is -2.07. The van der Waals surface area contributed by atoms with Crippen LogP contribution in [0, 0.1) is 0 Å². The molecule has 0 saturated heterocycles. The number of Topliss-reactive ketones (excluding diaryl/α,β-unsaturated/α-hetero) is 1. The van der Waals surface area contributed by atoms with Crippen LogP contribution in [0.2, 0.25) is 0 Å². The predicted molar refractivity (Wildman–Crippen MR) is 72.2 cm³/mol. The molecule has 1 unspecified atom stereocenters. The van der Waals surface area contributed by atoms with Crippen molar-refractivity contribution in [1.82, 2.24) is 0 Å². The summed E-state index contributed by atoms with van der Waals surface area (Å²) in [6.07, 6.45) is 0.183. The maximum Gasteiger partial charge on any atom is 0.310 e. The number of carbonyl (C=O) groups excluding carboxylic acids is 2. The third-order valence-electron chi connectivity index (χ3n) is 2.28. The zero-order valence-corrected chi connectivity index (χ0v) is 12.7. The minimum absolute atomic E-state index is 0.0244. The zero-order chi connectivity index (χ0) is 13.0. The molecule has 5 heteroatoms. The highest BCUT2D eigenvalue weighted by atomic mass is 79.9. The Hall–Kier alpha value is -0.680. The van der Waals surface area contributed by atoms with E-state index in [1.807, 2.05) is 18.2 Å². The molecule has 0 radical (unpaired) electrons. The van der Waals surface area contributed by atoms with E-state index in [0.29, 0.717) is 0 Å². The Labute approximate surface area is 117 Å². The number of halogens is 2. The van der Waals surface area contributed by atoms with Crippen molar-refractivity contribution in [2.45, 2.75) is 18.2 Å². The molecule has 0 aliphatic rings. The first-order chi connectivity index (χ1) is 7.95. The number of ether oxygens (including phenoxy) is 1. The van der Waals surface area contributed by atoms with E-state index in [1.54, 1.807) is 0 Å². The van der Waals surface area contributed by atoms with Crippen molar-refractivity contribution in [2.75, 3.05) is 7.11 Å². The van der Waals surface area contributed by atoms with Crippen LogP contribution >= 0.6 is 31.9 Å². The van der Waals surface area contributed by atoms with Gasteiger partial charge < -0.3 is 4.74 Å². The van der Waals surface area contributed by atoms with Gasteiger partial charge in [0.15, 0.2) is 0 Å². The average molecular weight is 364 g/mol. The minimum Gasteiger partial charge on any atom is -0.469 e. The van der Waals surface area contributed by atoms with Crippen molar-refractivity contribution in [1.29, 1.82) is 0 Å². The van der Waals surface area contributed by atoms with Gasteiger partial charge in [0.2, 0.25) is 0 Å². The van der Waals surface area contributed by atoms with Crippen molar-refractivity contribution in [3.8, 4) is 0 Å². The Balaban J connectivity index is 3.02. The number of alkyl halides is 1. The maximum absolute atomic E-state index is 11.3. The van der Waals surface area contributed by atoms with Crippen molar-refractivity contribution in [3.63, 3.8) is 0 Å². The van der Waals surface area contributed by atoms with Crippen LogP contribution in [0.3, 0.4) is 0 Å². The lowest BCUT2D eigenvalue weighted by Gasteiger charge is -2.10. The normalized spacial score (nSPS) is 12.0. The van der Waals surface area contributed by atoms with Gasteiger partial charge in [-0.15, -0.1) is 0 Å². The number of methoxy groups -OCH3 is 1. The Morgan fingerprint density at radius 1 is 1.41 bits per heavy atom. The van der Waals surface area contributed by atoms with Crippen LogP contribution in [0.4, 0.5) is 0 Å². The van der Waals surface area contributed by atoms with Gasteiger partial charge in [-0.2, -0.15) is 0 Å². The quantitative estimate of drug-likeness (QED) is 0.609. The van der Waals surface area contributed by atoms with Crippen LogP contribution in [0.15, 0.2) is 22.7 Å². The van der Waals surface area contributed by atoms with Crippen LogP contribution in [0.5, 0.6) is 0 Å². The Morgan fingerprint density at radius 2 is 2.06 bits per heavy atom. The van der Waals surface area contributed by atoms with Gasteiger partial charge in [-0.05, 0) is 24.1 Å². The van der Waals surface area contributed by atoms with Gasteiger partial charge in [0.1, 0.15) is 5.78 Å². The molecular weight excluding hydrogens is 352 g/mol. The number of esters is 1. The second kappa shape index (κ2) is 6.31. The summed E-state index contributed by atoms with van der Waals surface area (Å²) in [6, 6.07) is 5.48. The molecule has 0 amide bonds. The fourth-order valence-corrected chi connectivity index (χ4v) is 2.02. The monoisotopic (exact) mass is 362 g/mol. The molecule has 1 aromatic carbocycles. The van der Waals surface area contributed by atoms with Gasteiger partial charge in [0.25, 0.3) is 0 Å². The molecule has 0 aliphatic carbocycles. The molecule has 1 rings (SSSR count). The first kappa shape index (κ1) is 14.4. The summed E-state index contributed by atoms with van der Waals surface area (Å²) in [4.78, 5) is 22.2. The summed E-state index contributed by atoms with van der Waals surface area (Å²) in [5, 5.41) is 0. The average Bonchev–Trinajstić information content (AvgIpc) is 2.30. The van der Waals surface area contributed by atoms with Gasteiger partial charge in [0, 0.05) is 4.47 Å². The summed E-state index contributed by atoms with van der Waals surface area (Å²) >= 11 is 6.68. The first-order valence-electron chi connectivity index (χ1n) is 4.95. The fraction of sp³-hybridized carbons (Fsp3) is 0.333. The molecule has 0 aromatic heterocycles. The predicted octanol–water partition coefficient (Wildman–Crippen LogP) is 3.19. The number of rotatable bonds is 4. The molecule has 0 bridgehead atoms. The molecule has 0 spiro atoms. The molecule has 0 saturated carbocycles. The lowest BCUT2D eigenvalue weighted by atomic mass is 10.0. The van der Waals surface area contributed by atoms with E-state index in [9.17, 15) is 9.59 Å². The van der Waals surface area contributed by atoms with E-state index in [-0.39, 0.29) is 23.0 Å². The summed E-state index contributed by atoms with van der Waals surface area (Å²) in [7, 11) is 1.35. The molecule has 0 aliphatic heterocycles. The molecule has 3 nitrogen and oxygen atoms in total. The summed E-state index contributed by atoms with van der Waals surface area (Å²) in [5.74, 6) is -0.284. The van der Waals surface area contributed by atoms with Crippen molar-refractivity contribution in [2.24, 2.45) is 0 Å². The minimum atomic E-state index is -0.341. The van der Waals surface area contributed by atoms with Gasteiger partial charge >= 0.3 is 5.97 Å². The maximum atomic E-state index is 11.3. The van der Waals surface area contributed by atoms with Crippen LogP contribution in [0.1, 0.15) is 22.9 Å². The van der Waals surface area contributed by atoms with Crippen LogP contribution in [-0.2, 0) is 20.7 Å². The van der Waals surface area contributed by atoms with Crippen molar-refractivity contribution >= 4 is 43.6 Å². The number of hydrogen-bond donors (Lipinski definition) is 0. The Morgan fingerprint density at radius 3 is 2.59 bits per heavy atom. The van der Waals surface area contributed by atoms with Crippen molar-refractivity contribution < 1.29 is 14.3 Å². The smallest absolute Gasteiger partial charge is 0.310 e. The lowest BCUT2D eigenvalue weighted by molar-refractivity contribution is -0.139. The zero-order valence-electron chi connectivity index (χ0n) is 9.50. The van der Waals surface area contributed by atoms with Crippen LogP contribution in [-0.4, -0.2) is 18.9 Å². The second-order valence-corrected chi connectivity index (χ2v) is 5.35. The molecule has 1 aromatic rings. The summed E-state index contributed by atoms with van der Waals surface area (Å²) in [6.45, 7) is 1.52. The molecule has 0 heterocycles. The summed E-state index contributed by atoms with van der Waals surface area (Å²) < 4.78 is 5.45. The van der Waals surface area contributed by atoms with E-state index < -0.39 is 0 Å². The van der Waals surface area contributed by atoms with Gasteiger partial charge in [-0.25, -0.2) is 0 Å². The van der Waals surface area contributed by atoms with Gasteiger partial charge in [-0.3, -0.25) is 9.59 Å². The molecule has 92 valence electrons. The fourth-order valence-electron chi connectivity index (χ4n) is 1.35. The molecule has 0 N–H and O–H groups in total. The SMILES string of the molecule is COC(=O)Cc1cc(C(Br)C(C)=O)ccc1Br. The third kappa shape index (κ3) is 3.92. The van der Waals surface area contributed by atoms with Crippen LogP contribution in [0.25, 0.3) is 0 Å². The second-order valence-electron chi connectivity index (χ2n) is 3.58. The van der Waals surface area contributed by atoms with E-state index >= 15 is 0 Å². The van der Waals surface area contributed by atoms with E-state index in [0.717, 1.165) is 15.6 Å². The number of ketones is 1. The van der Waals surface area contributed by atoms with E-state index in [4.69, 9.17) is 0 Å². The molecule has 1 atom stereocenters. The molecular formula is C12H12Br2O3. The highest BCUT2D eigenvalue weighted by molar-refractivity contribution is 9.10. The number of benzene rings is 1. The molecule has 0 fully saturated rings. The molecule has 17 heavy (non-hydrogen) atoms. The Bertz CT molecular complexity index is 443. The van der Waals surface area contributed by atoms with E-state index in [2.05, 4.69) is 36.6 Å². The number of carbonyl (C=O) groups is 2. The van der Waals surface area contributed by atoms with Crippen LogP contribution < -0.4 is 0 Å². The highest BCUT2D eigenvalue weighted by Crippen LogP contribution is 2.28. The Kier molecular flexibility index (Phi) is 5.33. The highest BCUT2D eigenvalue weighted by Gasteiger charge is 2.15. The number of hydrogen-bond acceptors (Lipinski definition) is 3. The van der Waals surface area contributed by atoms with Crippen molar-refractivity contribution in [3.05, 3.63) is 33.8 Å². The topological polar surface area (TPSA) is 43.4 Å². The first-order valence-corrected chi connectivity index (χ1v) is 6.66. The largest absolute Gasteiger partial charge is 0.469 e. The van der Waals surface area contributed by atoms with E-state index in [1.165, 1.54) is 14.0 Å². The summed E-state index contributed by atoms with van der Waals surface area (Å²) in [5.41, 5.74) is 1.64. The van der Waals surface area contributed by atoms with Gasteiger partial charge in [-0.1, -0.05) is 44.0 Å². The van der Waals surface area contributed by atoms with Gasteiger partial charge in [0.05, 0.1) is 18.4 Å². The third-order valence-corrected chi connectivity index (χ3v) is 4.23.